The Morgan fingerprint density at radius 3 is 3.12 bits per heavy atom. The number of hydrogen-bond donors (Lipinski definition) is 2. The molecular formula is C11H18N4O. The number of rotatable bonds is 6. The minimum absolute atomic E-state index is 0.143. The number of amides is 1. The van der Waals surface area contributed by atoms with Crippen molar-refractivity contribution in [2.24, 2.45) is 12.8 Å². The average molecular weight is 222 g/mol. The lowest BCUT2D eigenvalue weighted by molar-refractivity contribution is -0.122. The van der Waals surface area contributed by atoms with Crippen LogP contribution >= 0.6 is 0 Å². The summed E-state index contributed by atoms with van der Waals surface area (Å²) < 4.78 is 1.74. The molecule has 0 aliphatic heterocycles. The molecule has 0 radical (unpaired) electrons. The van der Waals surface area contributed by atoms with E-state index in [-0.39, 0.29) is 5.91 Å². The van der Waals surface area contributed by atoms with E-state index in [0.717, 1.165) is 5.69 Å². The van der Waals surface area contributed by atoms with E-state index in [1.165, 1.54) is 0 Å². The van der Waals surface area contributed by atoms with Crippen molar-refractivity contribution in [2.45, 2.75) is 18.9 Å². The Labute approximate surface area is 95.3 Å². The fourth-order valence-electron chi connectivity index (χ4n) is 1.33. The molecule has 0 saturated heterocycles. The van der Waals surface area contributed by atoms with E-state index < -0.39 is 6.04 Å². The van der Waals surface area contributed by atoms with Crippen LogP contribution in [0.3, 0.4) is 0 Å². The van der Waals surface area contributed by atoms with Crippen LogP contribution in [0.15, 0.2) is 24.9 Å². The average Bonchev–Trinajstić information content (AvgIpc) is 2.64. The standard InChI is InChI=1S/C11H18N4O/c1-3-4-10(12)11(16)13-7-5-9-6-8-15(2)14-9/h3,6,8,10H,1,4-5,7,12H2,2H3,(H,13,16). The zero-order chi connectivity index (χ0) is 12.0. The van der Waals surface area contributed by atoms with Crippen molar-refractivity contribution < 1.29 is 4.79 Å². The summed E-state index contributed by atoms with van der Waals surface area (Å²) in [6.45, 7) is 4.10. The largest absolute Gasteiger partial charge is 0.354 e. The summed E-state index contributed by atoms with van der Waals surface area (Å²) in [4.78, 5) is 11.4. The Hall–Kier alpha value is -1.62. The molecule has 3 N–H and O–H groups in total. The van der Waals surface area contributed by atoms with Gasteiger partial charge in [-0.2, -0.15) is 5.10 Å². The van der Waals surface area contributed by atoms with Gasteiger partial charge in [-0.15, -0.1) is 6.58 Å². The number of aryl methyl sites for hydroxylation is 1. The van der Waals surface area contributed by atoms with Crippen LogP contribution in [0, 0.1) is 0 Å². The summed E-state index contributed by atoms with van der Waals surface area (Å²) in [7, 11) is 1.86. The molecule has 1 rings (SSSR count). The molecule has 0 aliphatic rings. The second kappa shape index (κ2) is 6.07. The van der Waals surface area contributed by atoms with Gasteiger partial charge in [0, 0.05) is 26.2 Å². The minimum atomic E-state index is -0.499. The van der Waals surface area contributed by atoms with Crippen LogP contribution in [0.5, 0.6) is 0 Å². The Bertz CT molecular complexity index is 359. The highest BCUT2D eigenvalue weighted by molar-refractivity contribution is 5.81. The third kappa shape index (κ3) is 3.86. The van der Waals surface area contributed by atoms with Crippen molar-refractivity contribution >= 4 is 5.91 Å². The fraction of sp³-hybridized carbons (Fsp3) is 0.455. The predicted molar refractivity (Wildman–Crippen MR) is 62.7 cm³/mol. The first-order valence-electron chi connectivity index (χ1n) is 5.26. The first-order valence-corrected chi connectivity index (χ1v) is 5.26. The summed E-state index contributed by atoms with van der Waals surface area (Å²) >= 11 is 0. The number of aromatic nitrogens is 2. The third-order valence-electron chi connectivity index (χ3n) is 2.21. The van der Waals surface area contributed by atoms with Crippen LogP contribution in [0.1, 0.15) is 12.1 Å². The van der Waals surface area contributed by atoms with Crippen molar-refractivity contribution in [2.75, 3.05) is 6.54 Å². The van der Waals surface area contributed by atoms with Crippen LogP contribution in [0.2, 0.25) is 0 Å². The van der Waals surface area contributed by atoms with Gasteiger partial charge in [-0.3, -0.25) is 9.48 Å². The number of hydrogen-bond acceptors (Lipinski definition) is 3. The number of nitrogens with one attached hydrogen (secondary N) is 1. The molecule has 1 aromatic rings. The van der Waals surface area contributed by atoms with Crippen molar-refractivity contribution in [1.82, 2.24) is 15.1 Å². The zero-order valence-corrected chi connectivity index (χ0v) is 9.52. The third-order valence-corrected chi connectivity index (χ3v) is 2.21. The van der Waals surface area contributed by atoms with Crippen molar-refractivity contribution in [3.63, 3.8) is 0 Å². The van der Waals surface area contributed by atoms with Crippen LogP contribution < -0.4 is 11.1 Å². The van der Waals surface area contributed by atoms with Crippen molar-refractivity contribution in [3.05, 3.63) is 30.6 Å². The second-order valence-electron chi connectivity index (χ2n) is 3.65. The van der Waals surface area contributed by atoms with Crippen molar-refractivity contribution in [1.29, 1.82) is 0 Å². The molecule has 0 aromatic carbocycles. The van der Waals surface area contributed by atoms with Gasteiger partial charge in [-0.05, 0) is 12.5 Å². The fourth-order valence-corrected chi connectivity index (χ4v) is 1.33. The van der Waals surface area contributed by atoms with Gasteiger partial charge >= 0.3 is 0 Å². The van der Waals surface area contributed by atoms with Crippen LogP contribution in [0.4, 0.5) is 0 Å². The lowest BCUT2D eigenvalue weighted by atomic mass is 10.2. The van der Waals surface area contributed by atoms with E-state index in [1.807, 2.05) is 19.3 Å². The molecule has 1 heterocycles. The monoisotopic (exact) mass is 222 g/mol. The van der Waals surface area contributed by atoms with Gasteiger partial charge in [-0.25, -0.2) is 0 Å². The van der Waals surface area contributed by atoms with Crippen LogP contribution in [-0.2, 0) is 18.3 Å². The molecule has 5 heteroatoms. The summed E-state index contributed by atoms with van der Waals surface area (Å²) in [6, 6.07) is 1.43. The number of carbonyl (C=O) groups excluding carboxylic acids is 1. The Morgan fingerprint density at radius 2 is 2.56 bits per heavy atom. The Morgan fingerprint density at radius 1 is 1.81 bits per heavy atom. The maximum Gasteiger partial charge on any atom is 0.237 e. The van der Waals surface area contributed by atoms with Gasteiger partial charge in [0.15, 0.2) is 0 Å². The first kappa shape index (κ1) is 12.4. The normalized spacial score (nSPS) is 12.1. The molecule has 1 unspecified atom stereocenters. The van der Waals surface area contributed by atoms with E-state index in [1.54, 1.807) is 10.8 Å². The van der Waals surface area contributed by atoms with E-state index in [2.05, 4.69) is 17.0 Å². The van der Waals surface area contributed by atoms with Gasteiger partial charge in [0.1, 0.15) is 0 Å². The smallest absolute Gasteiger partial charge is 0.237 e. The second-order valence-corrected chi connectivity index (χ2v) is 3.65. The number of carbonyl (C=O) groups is 1. The molecule has 0 saturated carbocycles. The van der Waals surface area contributed by atoms with Crippen LogP contribution in [-0.4, -0.2) is 28.3 Å². The molecule has 88 valence electrons. The molecular weight excluding hydrogens is 204 g/mol. The van der Waals surface area contributed by atoms with Crippen molar-refractivity contribution in [3.8, 4) is 0 Å². The highest BCUT2D eigenvalue weighted by Gasteiger charge is 2.10. The maximum absolute atomic E-state index is 11.4. The van der Waals surface area contributed by atoms with Gasteiger partial charge in [-0.1, -0.05) is 6.08 Å². The first-order chi connectivity index (χ1) is 7.63. The van der Waals surface area contributed by atoms with E-state index in [0.29, 0.717) is 19.4 Å². The van der Waals surface area contributed by atoms with E-state index in [9.17, 15) is 4.79 Å². The van der Waals surface area contributed by atoms with Gasteiger partial charge in [0.2, 0.25) is 5.91 Å². The predicted octanol–water partition coefficient (Wildman–Crippen LogP) is -0.0178. The van der Waals surface area contributed by atoms with Crippen LogP contribution in [0.25, 0.3) is 0 Å². The molecule has 0 spiro atoms. The van der Waals surface area contributed by atoms with E-state index in [4.69, 9.17) is 5.73 Å². The topological polar surface area (TPSA) is 72.9 Å². The van der Waals surface area contributed by atoms with Gasteiger partial charge in [0.25, 0.3) is 0 Å². The molecule has 16 heavy (non-hydrogen) atoms. The maximum atomic E-state index is 11.4. The molecule has 5 nitrogen and oxygen atoms in total. The summed E-state index contributed by atoms with van der Waals surface area (Å²) in [6.07, 6.45) is 4.73. The molecule has 1 atom stereocenters. The molecule has 1 aromatic heterocycles. The lowest BCUT2D eigenvalue weighted by Crippen LogP contribution is -2.41. The van der Waals surface area contributed by atoms with Gasteiger partial charge in [0.05, 0.1) is 11.7 Å². The Balaban J connectivity index is 2.25. The number of nitrogens with zero attached hydrogens (tertiary/aromatic N) is 2. The molecule has 0 aliphatic carbocycles. The summed E-state index contributed by atoms with van der Waals surface area (Å²) in [5.74, 6) is -0.143. The Kier molecular flexibility index (Phi) is 4.72. The highest BCUT2D eigenvalue weighted by Crippen LogP contribution is 1.94. The highest BCUT2D eigenvalue weighted by atomic mass is 16.2. The summed E-state index contributed by atoms with van der Waals surface area (Å²) in [5, 5.41) is 6.97. The summed E-state index contributed by atoms with van der Waals surface area (Å²) in [5.41, 5.74) is 6.57. The van der Waals surface area contributed by atoms with E-state index >= 15 is 0 Å². The molecule has 1 amide bonds. The van der Waals surface area contributed by atoms with Gasteiger partial charge < -0.3 is 11.1 Å². The quantitative estimate of drug-likeness (QED) is 0.664. The minimum Gasteiger partial charge on any atom is -0.354 e. The molecule has 0 fully saturated rings. The zero-order valence-electron chi connectivity index (χ0n) is 9.52. The SMILES string of the molecule is C=CCC(N)C(=O)NCCc1ccn(C)n1. The number of nitrogens with two attached hydrogens (primary N) is 1. The lowest BCUT2D eigenvalue weighted by Gasteiger charge is -2.09. The molecule has 0 bridgehead atoms.